The number of rotatable bonds is 3. The van der Waals surface area contributed by atoms with Crippen molar-refractivity contribution < 1.29 is 14.6 Å². The number of hydrogen-bond donors (Lipinski definition) is 1. The maximum atomic E-state index is 12.0. The van der Waals surface area contributed by atoms with Crippen LogP contribution in [0.4, 0.5) is 0 Å². The van der Waals surface area contributed by atoms with Gasteiger partial charge in [-0.25, -0.2) is 0 Å². The van der Waals surface area contributed by atoms with Gasteiger partial charge in [0.1, 0.15) is 0 Å². The molecule has 4 heteroatoms. The smallest absolute Gasteiger partial charge is 0.260 e. The first kappa shape index (κ1) is 12.7. The van der Waals surface area contributed by atoms with Gasteiger partial charge in [-0.1, -0.05) is 25.0 Å². The zero-order chi connectivity index (χ0) is 12.8. The Bertz CT molecular complexity index is 398. The Morgan fingerprint density at radius 3 is 2.50 bits per heavy atom. The van der Waals surface area contributed by atoms with Crippen LogP contribution in [0.15, 0.2) is 24.3 Å². The number of carbonyl (C=O) groups excluding carboxylic acids is 1. The summed E-state index contributed by atoms with van der Waals surface area (Å²) in [6.07, 6.45) is 4.54. The van der Waals surface area contributed by atoms with E-state index < -0.39 is 0 Å². The van der Waals surface area contributed by atoms with Crippen molar-refractivity contribution in [3.63, 3.8) is 0 Å². The Kier molecular flexibility index (Phi) is 4.45. The third kappa shape index (κ3) is 3.39. The standard InChI is InChI=1S/C14H19NO3/c16-12-7-3-4-8-13(12)18-11-14(17)15-9-5-1-2-6-10-15/h3-4,7-8,16H,1-2,5-6,9-11H2. The molecule has 1 aromatic rings. The van der Waals surface area contributed by atoms with E-state index in [-0.39, 0.29) is 18.3 Å². The van der Waals surface area contributed by atoms with Crippen molar-refractivity contribution in [1.29, 1.82) is 0 Å². The van der Waals surface area contributed by atoms with Gasteiger partial charge in [-0.15, -0.1) is 0 Å². The number of phenolic OH excluding ortho intramolecular Hbond substituents is 1. The van der Waals surface area contributed by atoms with Gasteiger partial charge in [0.15, 0.2) is 18.1 Å². The normalized spacial score (nSPS) is 16.1. The van der Waals surface area contributed by atoms with Crippen molar-refractivity contribution >= 4 is 5.91 Å². The highest BCUT2D eigenvalue weighted by Gasteiger charge is 2.16. The zero-order valence-electron chi connectivity index (χ0n) is 10.5. The molecule has 1 N–H and O–H groups in total. The Morgan fingerprint density at radius 2 is 1.83 bits per heavy atom. The number of aromatic hydroxyl groups is 1. The molecular weight excluding hydrogens is 230 g/mol. The minimum absolute atomic E-state index is 0.000142. The van der Waals surface area contributed by atoms with Gasteiger partial charge >= 0.3 is 0 Å². The molecule has 0 saturated carbocycles. The highest BCUT2D eigenvalue weighted by molar-refractivity contribution is 5.77. The fourth-order valence-electron chi connectivity index (χ4n) is 2.13. The predicted octanol–water partition coefficient (Wildman–Crippen LogP) is 2.17. The van der Waals surface area contributed by atoms with E-state index in [0.29, 0.717) is 5.75 Å². The molecule has 1 saturated heterocycles. The number of benzene rings is 1. The summed E-state index contributed by atoms with van der Waals surface area (Å²) in [5.74, 6) is 0.432. The Balaban J connectivity index is 1.86. The largest absolute Gasteiger partial charge is 0.504 e. The maximum Gasteiger partial charge on any atom is 0.260 e. The number of hydrogen-bond acceptors (Lipinski definition) is 3. The molecule has 1 heterocycles. The van der Waals surface area contributed by atoms with Crippen LogP contribution in [0.3, 0.4) is 0 Å². The molecule has 98 valence electrons. The summed E-state index contributed by atoms with van der Waals surface area (Å²) in [4.78, 5) is 13.8. The van der Waals surface area contributed by atoms with Crippen LogP contribution in [0.2, 0.25) is 0 Å². The lowest BCUT2D eigenvalue weighted by molar-refractivity contribution is -0.133. The summed E-state index contributed by atoms with van der Waals surface area (Å²) in [7, 11) is 0. The van der Waals surface area contributed by atoms with Crippen LogP contribution in [0, 0.1) is 0 Å². The first-order chi connectivity index (χ1) is 8.77. The molecule has 0 aromatic heterocycles. The van der Waals surface area contributed by atoms with Crippen LogP contribution in [0.1, 0.15) is 25.7 Å². The second-order valence-electron chi connectivity index (χ2n) is 4.55. The van der Waals surface area contributed by atoms with Crippen molar-refractivity contribution in [3.8, 4) is 11.5 Å². The van der Waals surface area contributed by atoms with Crippen LogP contribution in [0.25, 0.3) is 0 Å². The highest BCUT2D eigenvalue weighted by Crippen LogP contribution is 2.24. The molecular formula is C14H19NO3. The summed E-state index contributed by atoms with van der Waals surface area (Å²) in [6.45, 7) is 1.64. The van der Waals surface area contributed by atoms with Gasteiger partial charge in [0.25, 0.3) is 5.91 Å². The molecule has 0 spiro atoms. The Hall–Kier alpha value is -1.71. The molecule has 1 aromatic carbocycles. The lowest BCUT2D eigenvalue weighted by Gasteiger charge is -2.20. The molecule has 18 heavy (non-hydrogen) atoms. The van der Waals surface area contributed by atoms with Gasteiger partial charge in [0.05, 0.1) is 0 Å². The van der Waals surface area contributed by atoms with Gasteiger partial charge in [0, 0.05) is 13.1 Å². The van der Waals surface area contributed by atoms with Gasteiger partial charge in [-0.05, 0) is 25.0 Å². The first-order valence-electron chi connectivity index (χ1n) is 6.46. The van der Waals surface area contributed by atoms with Gasteiger partial charge in [0.2, 0.25) is 0 Å². The molecule has 1 amide bonds. The molecule has 1 aliphatic heterocycles. The summed E-state index contributed by atoms with van der Waals surface area (Å²) < 4.78 is 5.35. The van der Waals surface area contributed by atoms with Crippen molar-refractivity contribution in [2.24, 2.45) is 0 Å². The molecule has 4 nitrogen and oxygen atoms in total. The monoisotopic (exact) mass is 249 g/mol. The second-order valence-corrected chi connectivity index (χ2v) is 4.55. The molecule has 0 radical (unpaired) electrons. The first-order valence-corrected chi connectivity index (χ1v) is 6.46. The molecule has 0 bridgehead atoms. The fourth-order valence-corrected chi connectivity index (χ4v) is 2.13. The third-order valence-corrected chi connectivity index (χ3v) is 3.18. The minimum Gasteiger partial charge on any atom is -0.504 e. The van der Waals surface area contributed by atoms with Crippen LogP contribution < -0.4 is 4.74 Å². The number of para-hydroxylation sites is 2. The number of likely N-dealkylation sites (tertiary alicyclic amines) is 1. The lowest BCUT2D eigenvalue weighted by atomic mass is 10.2. The summed E-state index contributed by atoms with van der Waals surface area (Å²) in [6, 6.07) is 6.70. The van der Waals surface area contributed by atoms with Crippen LogP contribution in [-0.2, 0) is 4.79 Å². The average Bonchev–Trinajstić information content (AvgIpc) is 2.66. The predicted molar refractivity (Wildman–Crippen MR) is 68.6 cm³/mol. The van der Waals surface area contributed by atoms with E-state index in [1.165, 1.54) is 12.8 Å². The number of amides is 1. The summed E-state index contributed by atoms with van der Waals surface area (Å²) >= 11 is 0. The summed E-state index contributed by atoms with van der Waals surface area (Å²) in [5.41, 5.74) is 0. The van der Waals surface area contributed by atoms with Crippen LogP contribution in [0.5, 0.6) is 11.5 Å². The summed E-state index contributed by atoms with van der Waals surface area (Å²) in [5, 5.41) is 9.53. The van der Waals surface area contributed by atoms with Crippen molar-refractivity contribution in [2.75, 3.05) is 19.7 Å². The molecule has 2 rings (SSSR count). The topological polar surface area (TPSA) is 49.8 Å². The molecule has 0 unspecified atom stereocenters. The average molecular weight is 249 g/mol. The van der Waals surface area contributed by atoms with E-state index >= 15 is 0 Å². The van der Waals surface area contributed by atoms with E-state index in [9.17, 15) is 9.90 Å². The van der Waals surface area contributed by atoms with E-state index in [1.54, 1.807) is 24.3 Å². The fraction of sp³-hybridized carbons (Fsp3) is 0.500. The van der Waals surface area contributed by atoms with Crippen molar-refractivity contribution in [1.82, 2.24) is 4.90 Å². The highest BCUT2D eigenvalue weighted by atomic mass is 16.5. The quantitative estimate of drug-likeness (QED) is 0.893. The van der Waals surface area contributed by atoms with Crippen LogP contribution >= 0.6 is 0 Å². The van der Waals surface area contributed by atoms with Gasteiger partial charge in [-0.3, -0.25) is 4.79 Å². The Morgan fingerprint density at radius 1 is 1.17 bits per heavy atom. The van der Waals surface area contributed by atoms with Crippen molar-refractivity contribution in [2.45, 2.75) is 25.7 Å². The van der Waals surface area contributed by atoms with Crippen molar-refractivity contribution in [3.05, 3.63) is 24.3 Å². The van der Waals surface area contributed by atoms with E-state index in [2.05, 4.69) is 0 Å². The van der Waals surface area contributed by atoms with E-state index in [0.717, 1.165) is 25.9 Å². The minimum atomic E-state index is -0.00241. The van der Waals surface area contributed by atoms with Gasteiger partial charge in [-0.2, -0.15) is 0 Å². The van der Waals surface area contributed by atoms with Gasteiger partial charge < -0.3 is 14.7 Å². The molecule has 1 fully saturated rings. The zero-order valence-corrected chi connectivity index (χ0v) is 10.5. The maximum absolute atomic E-state index is 12.0. The molecule has 1 aliphatic rings. The third-order valence-electron chi connectivity index (χ3n) is 3.18. The van der Waals surface area contributed by atoms with E-state index in [1.807, 2.05) is 4.90 Å². The number of carbonyl (C=O) groups is 1. The number of phenols is 1. The molecule has 0 aliphatic carbocycles. The van der Waals surface area contributed by atoms with Crippen LogP contribution in [-0.4, -0.2) is 35.6 Å². The molecule has 0 atom stereocenters. The number of ether oxygens (including phenoxy) is 1. The van der Waals surface area contributed by atoms with E-state index in [4.69, 9.17) is 4.74 Å². The SMILES string of the molecule is O=C(COc1ccccc1O)N1CCCCCC1. The number of nitrogens with zero attached hydrogens (tertiary/aromatic N) is 1. The second kappa shape index (κ2) is 6.28. The lowest BCUT2D eigenvalue weighted by Crippen LogP contribution is -2.35. The Labute approximate surface area is 107 Å².